The molecule has 0 unspecified atom stereocenters. The van der Waals surface area contributed by atoms with Crippen molar-refractivity contribution in [2.24, 2.45) is 0 Å². The van der Waals surface area contributed by atoms with Crippen LogP contribution in [0.2, 0.25) is 5.02 Å². The SMILES string of the molecule is CC(C)(O)Cc1ccc2c(c1)c1cc(Cl)ccc1c1nc(-c3c(C#N)cc(F)cc3C#N)[nH]c21. The molecule has 0 bridgehead atoms. The predicted octanol–water partition coefficient (Wildman–Crippen LogP) is 6.39. The van der Waals surface area contributed by atoms with Gasteiger partial charge in [-0.3, -0.25) is 0 Å². The third kappa shape index (κ3) is 3.64. The molecule has 0 aliphatic heterocycles. The standard InChI is InChI=1S/C27H18ClFN4O/c1-27(2,34)11-14-3-5-19-21(7-14)22-10-17(28)4-6-20(22)25-24(19)32-26(33-25)23-15(12-30)8-18(29)9-16(23)13-31/h3-10,34H,11H2,1-2H3,(H,32,33). The maximum atomic E-state index is 13.9. The maximum Gasteiger partial charge on any atom is 0.141 e. The van der Waals surface area contributed by atoms with E-state index in [0.717, 1.165) is 44.8 Å². The second-order valence-corrected chi connectivity index (χ2v) is 9.40. The Bertz CT molecular complexity index is 1680. The monoisotopic (exact) mass is 468 g/mol. The van der Waals surface area contributed by atoms with Crippen LogP contribution >= 0.6 is 11.6 Å². The molecule has 5 rings (SSSR count). The van der Waals surface area contributed by atoms with Gasteiger partial charge in [0.25, 0.3) is 0 Å². The summed E-state index contributed by atoms with van der Waals surface area (Å²) < 4.78 is 13.9. The quantitative estimate of drug-likeness (QED) is 0.300. The van der Waals surface area contributed by atoms with Crippen LogP contribution in [0.4, 0.5) is 4.39 Å². The van der Waals surface area contributed by atoms with E-state index >= 15 is 0 Å². The van der Waals surface area contributed by atoms with Gasteiger partial charge in [0, 0.05) is 22.2 Å². The van der Waals surface area contributed by atoms with Crippen LogP contribution in [0.25, 0.3) is 44.0 Å². The number of hydrogen-bond acceptors (Lipinski definition) is 4. The number of nitrogens with zero attached hydrogens (tertiary/aromatic N) is 3. The first-order valence-corrected chi connectivity index (χ1v) is 11.0. The van der Waals surface area contributed by atoms with Crippen molar-refractivity contribution in [1.82, 2.24) is 9.97 Å². The summed E-state index contributed by atoms with van der Waals surface area (Å²) in [6, 6.07) is 17.6. The highest BCUT2D eigenvalue weighted by atomic mass is 35.5. The Morgan fingerprint density at radius 1 is 0.971 bits per heavy atom. The molecular weight excluding hydrogens is 451 g/mol. The van der Waals surface area contributed by atoms with Crippen LogP contribution in [-0.4, -0.2) is 20.7 Å². The summed E-state index contributed by atoms with van der Waals surface area (Å²) in [7, 11) is 0. The summed E-state index contributed by atoms with van der Waals surface area (Å²) in [4.78, 5) is 8.04. The number of hydrogen-bond donors (Lipinski definition) is 2. The summed E-state index contributed by atoms with van der Waals surface area (Å²) >= 11 is 6.34. The summed E-state index contributed by atoms with van der Waals surface area (Å²) in [5, 5.41) is 33.6. The number of nitriles is 2. The van der Waals surface area contributed by atoms with Crippen molar-refractivity contribution in [3.63, 3.8) is 0 Å². The van der Waals surface area contributed by atoms with Crippen LogP contribution < -0.4 is 0 Å². The van der Waals surface area contributed by atoms with Crippen molar-refractivity contribution in [3.05, 3.63) is 76.1 Å². The first-order valence-electron chi connectivity index (χ1n) is 10.6. The number of nitrogens with one attached hydrogen (secondary N) is 1. The second kappa shape index (κ2) is 7.81. The second-order valence-electron chi connectivity index (χ2n) is 8.97. The molecule has 0 aliphatic rings. The number of H-pyrrole nitrogens is 1. The molecule has 0 saturated heterocycles. The van der Waals surface area contributed by atoms with Gasteiger partial charge in [0.05, 0.1) is 33.3 Å². The number of fused-ring (bicyclic) bond motifs is 6. The molecule has 5 aromatic rings. The molecule has 5 nitrogen and oxygen atoms in total. The van der Waals surface area contributed by atoms with Gasteiger partial charge in [-0.05, 0) is 54.4 Å². The molecule has 2 N–H and O–H groups in total. The Morgan fingerprint density at radius 2 is 1.62 bits per heavy atom. The van der Waals surface area contributed by atoms with Gasteiger partial charge >= 0.3 is 0 Å². The Hall–Kier alpha value is -3.97. The van der Waals surface area contributed by atoms with Gasteiger partial charge < -0.3 is 10.1 Å². The molecule has 0 saturated carbocycles. The fraction of sp³-hybridized carbons (Fsp3) is 0.148. The van der Waals surface area contributed by atoms with Crippen molar-refractivity contribution in [1.29, 1.82) is 10.5 Å². The molecule has 0 atom stereocenters. The van der Waals surface area contributed by atoms with Crippen LogP contribution in [0.15, 0.2) is 48.5 Å². The zero-order valence-corrected chi connectivity index (χ0v) is 19.1. The molecule has 0 radical (unpaired) electrons. The molecule has 0 spiro atoms. The Morgan fingerprint density at radius 3 is 2.26 bits per heavy atom. The topological polar surface area (TPSA) is 96.5 Å². The van der Waals surface area contributed by atoms with Crippen molar-refractivity contribution < 1.29 is 9.50 Å². The fourth-order valence-corrected chi connectivity index (χ4v) is 4.68. The van der Waals surface area contributed by atoms with E-state index < -0.39 is 11.4 Å². The fourth-order valence-electron chi connectivity index (χ4n) is 4.51. The van der Waals surface area contributed by atoms with Crippen LogP contribution in [-0.2, 0) is 6.42 Å². The molecular formula is C27H18ClFN4O. The first-order chi connectivity index (χ1) is 16.2. The molecule has 0 aliphatic carbocycles. The lowest BCUT2D eigenvalue weighted by Crippen LogP contribution is -2.21. The van der Waals surface area contributed by atoms with E-state index in [9.17, 15) is 20.0 Å². The minimum absolute atomic E-state index is 0.0275. The van der Waals surface area contributed by atoms with E-state index in [1.807, 2.05) is 42.5 Å². The maximum absolute atomic E-state index is 13.9. The van der Waals surface area contributed by atoms with E-state index in [-0.39, 0.29) is 16.7 Å². The third-order valence-corrected chi connectivity index (χ3v) is 6.04. The highest BCUT2D eigenvalue weighted by Crippen LogP contribution is 2.38. The van der Waals surface area contributed by atoms with Gasteiger partial charge in [-0.2, -0.15) is 10.5 Å². The Labute approximate surface area is 199 Å². The van der Waals surface area contributed by atoms with E-state index in [2.05, 4.69) is 4.98 Å². The zero-order chi connectivity index (χ0) is 24.2. The van der Waals surface area contributed by atoms with Crippen molar-refractivity contribution in [2.45, 2.75) is 25.9 Å². The lowest BCUT2D eigenvalue weighted by molar-refractivity contribution is 0.0810. The van der Waals surface area contributed by atoms with Crippen LogP contribution in [0, 0.1) is 28.5 Å². The van der Waals surface area contributed by atoms with Gasteiger partial charge in [-0.15, -0.1) is 0 Å². The van der Waals surface area contributed by atoms with E-state index in [0.29, 0.717) is 22.8 Å². The highest BCUT2D eigenvalue weighted by molar-refractivity contribution is 6.33. The van der Waals surface area contributed by atoms with Crippen molar-refractivity contribution in [3.8, 4) is 23.5 Å². The lowest BCUT2D eigenvalue weighted by Gasteiger charge is -2.17. The number of aromatic nitrogens is 2. The summed E-state index contributed by atoms with van der Waals surface area (Å²) in [5.41, 5.74) is 1.80. The molecule has 7 heteroatoms. The third-order valence-electron chi connectivity index (χ3n) is 5.80. The van der Waals surface area contributed by atoms with Crippen LogP contribution in [0.1, 0.15) is 30.5 Å². The normalized spacial score (nSPS) is 11.7. The summed E-state index contributed by atoms with van der Waals surface area (Å²) in [6.45, 7) is 3.53. The number of halogens is 2. The number of benzene rings is 4. The lowest BCUT2D eigenvalue weighted by atomic mass is 9.93. The molecule has 166 valence electrons. The van der Waals surface area contributed by atoms with Crippen molar-refractivity contribution in [2.75, 3.05) is 0 Å². The average molecular weight is 469 g/mol. The van der Waals surface area contributed by atoms with Gasteiger partial charge in [0.2, 0.25) is 0 Å². The smallest absolute Gasteiger partial charge is 0.141 e. The predicted molar refractivity (Wildman–Crippen MR) is 131 cm³/mol. The van der Waals surface area contributed by atoms with E-state index in [1.165, 1.54) is 0 Å². The van der Waals surface area contributed by atoms with Gasteiger partial charge in [0.1, 0.15) is 23.8 Å². The number of imidazole rings is 1. The van der Waals surface area contributed by atoms with Crippen molar-refractivity contribution >= 4 is 44.2 Å². The van der Waals surface area contributed by atoms with Crippen LogP contribution in [0.3, 0.4) is 0 Å². The molecule has 1 heterocycles. The molecule has 4 aromatic carbocycles. The van der Waals surface area contributed by atoms with Crippen LogP contribution in [0.5, 0.6) is 0 Å². The molecule has 0 amide bonds. The molecule has 0 fully saturated rings. The van der Waals surface area contributed by atoms with Gasteiger partial charge in [0.15, 0.2) is 0 Å². The Balaban J connectivity index is 1.88. The Kier molecular flexibility index (Phi) is 5.02. The minimum atomic E-state index is -0.865. The van der Waals surface area contributed by atoms with Gasteiger partial charge in [-0.25, -0.2) is 9.37 Å². The average Bonchev–Trinajstić information content (AvgIpc) is 3.22. The molecule has 1 aromatic heterocycles. The molecule has 34 heavy (non-hydrogen) atoms. The summed E-state index contributed by atoms with van der Waals surface area (Å²) in [5.74, 6) is -0.342. The van der Waals surface area contributed by atoms with E-state index in [4.69, 9.17) is 16.6 Å². The largest absolute Gasteiger partial charge is 0.390 e. The zero-order valence-electron chi connectivity index (χ0n) is 18.4. The highest BCUT2D eigenvalue weighted by Gasteiger charge is 2.20. The number of aromatic amines is 1. The first kappa shape index (κ1) is 21.9. The number of aliphatic hydroxyl groups is 1. The minimum Gasteiger partial charge on any atom is -0.390 e. The van der Waals surface area contributed by atoms with E-state index in [1.54, 1.807) is 19.9 Å². The van der Waals surface area contributed by atoms with Gasteiger partial charge in [-0.1, -0.05) is 35.9 Å². The summed E-state index contributed by atoms with van der Waals surface area (Å²) in [6.07, 6.45) is 0.476. The number of rotatable bonds is 3.